The van der Waals surface area contributed by atoms with E-state index in [9.17, 15) is 0 Å². The summed E-state index contributed by atoms with van der Waals surface area (Å²) in [5, 5.41) is 8.99. The Kier molecular flexibility index (Phi) is 1.78. The summed E-state index contributed by atoms with van der Waals surface area (Å²) >= 11 is 0. The van der Waals surface area contributed by atoms with Gasteiger partial charge in [-0.1, -0.05) is 13.8 Å². The van der Waals surface area contributed by atoms with E-state index in [0.29, 0.717) is 12.0 Å². The second-order valence-corrected chi connectivity index (χ2v) is 3.05. The molecule has 1 saturated heterocycles. The minimum absolute atomic E-state index is 0.116. The van der Waals surface area contributed by atoms with Crippen LogP contribution in [0, 0.1) is 5.92 Å². The molecule has 3 atom stereocenters. The average Bonchev–Trinajstić information content (AvgIpc) is 2.39. The van der Waals surface area contributed by atoms with E-state index >= 15 is 0 Å². The first kappa shape index (κ1) is 7.03. The average molecular weight is 130 g/mol. The smallest absolute Gasteiger partial charge is 0.110 e. The Hall–Kier alpha value is -0.0800. The summed E-state index contributed by atoms with van der Waals surface area (Å²) in [5.41, 5.74) is 0. The van der Waals surface area contributed by atoms with Crippen molar-refractivity contribution in [3.63, 3.8) is 0 Å². The van der Waals surface area contributed by atoms with E-state index < -0.39 is 0 Å². The molecule has 0 aromatic heterocycles. The van der Waals surface area contributed by atoms with Gasteiger partial charge in [0.15, 0.2) is 0 Å². The molecule has 1 aliphatic heterocycles. The van der Waals surface area contributed by atoms with Crippen LogP contribution < -0.4 is 0 Å². The van der Waals surface area contributed by atoms with Gasteiger partial charge in [-0.15, -0.1) is 0 Å². The molecular weight excluding hydrogens is 116 g/mol. The van der Waals surface area contributed by atoms with E-state index in [1.807, 2.05) is 0 Å². The van der Waals surface area contributed by atoms with Crippen molar-refractivity contribution in [2.24, 2.45) is 5.92 Å². The van der Waals surface area contributed by atoms with E-state index in [1.54, 1.807) is 6.92 Å². The quantitative estimate of drug-likeness (QED) is 0.560. The molecule has 0 aromatic carbocycles. The van der Waals surface area contributed by atoms with Gasteiger partial charge in [-0.2, -0.15) is 0 Å². The summed E-state index contributed by atoms with van der Waals surface area (Å²) in [6.07, 6.45) is 0.132. The number of rotatable bonds is 2. The van der Waals surface area contributed by atoms with Crippen molar-refractivity contribution in [2.75, 3.05) is 0 Å². The maximum atomic E-state index is 8.99. The third-order valence-corrected chi connectivity index (χ3v) is 1.69. The first-order valence-corrected chi connectivity index (χ1v) is 3.46. The van der Waals surface area contributed by atoms with Gasteiger partial charge in [0.2, 0.25) is 0 Å². The van der Waals surface area contributed by atoms with Crippen LogP contribution in [0.4, 0.5) is 0 Å². The molecule has 1 aliphatic rings. The number of aliphatic hydroxyl groups excluding tert-OH is 1. The summed E-state index contributed by atoms with van der Waals surface area (Å²) in [4.78, 5) is 0. The molecule has 1 rings (SSSR count). The minimum atomic E-state index is -0.294. The highest BCUT2D eigenvalue weighted by atomic mass is 16.6. The van der Waals surface area contributed by atoms with Crippen molar-refractivity contribution in [2.45, 2.75) is 39.1 Å². The number of aliphatic hydroxyl groups is 1. The van der Waals surface area contributed by atoms with Gasteiger partial charge in [-0.3, -0.25) is 0 Å². The van der Waals surface area contributed by atoms with E-state index in [2.05, 4.69) is 13.8 Å². The van der Waals surface area contributed by atoms with Crippen LogP contribution in [0.15, 0.2) is 0 Å². The van der Waals surface area contributed by atoms with Gasteiger partial charge in [0, 0.05) is 0 Å². The Labute approximate surface area is 55.8 Å². The van der Waals surface area contributed by atoms with Gasteiger partial charge in [0.1, 0.15) is 6.10 Å². The Morgan fingerprint density at radius 2 is 1.78 bits per heavy atom. The zero-order chi connectivity index (χ0) is 7.02. The molecule has 0 saturated carbocycles. The molecular formula is C7H14O2. The lowest BCUT2D eigenvalue weighted by molar-refractivity contribution is 0.152. The number of epoxide rings is 1. The largest absolute Gasteiger partial charge is 0.391 e. The predicted octanol–water partition coefficient (Wildman–Crippen LogP) is 0.791. The first-order chi connectivity index (χ1) is 4.13. The normalized spacial score (nSPS) is 37.0. The van der Waals surface area contributed by atoms with Crippen LogP contribution >= 0.6 is 0 Å². The van der Waals surface area contributed by atoms with Crippen LogP contribution in [0.25, 0.3) is 0 Å². The Bertz CT molecular complexity index is 87.1. The number of ether oxygens (including phenoxy) is 1. The predicted molar refractivity (Wildman–Crippen MR) is 35.2 cm³/mol. The molecule has 0 bridgehead atoms. The molecule has 2 nitrogen and oxygen atoms in total. The first-order valence-electron chi connectivity index (χ1n) is 3.46. The molecule has 1 heterocycles. The Morgan fingerprint density at radius 1 is 1.22 bits per heavy atom. The zero-order valence-electron chi connectivity index (χ0n) is 6.16. The standard InChI is InChI=1S/C7H14O2/c1-4(2)6-7(9-6)5(3)8/h4-8H,1-3H3/t5-,6+,7+/m1/s1. The summed E-state index contributed by atoms with van der Waals surface area (Å²) in [7, 11) is 0. The second kappa shape index (κ2) is 2.27. The molecule has 0 unspecified atom stereocenters. The lowest BCUT2D eigenvalue weighted by Crippen LogP contribution is -2.14. The Morgan fingerprint density at radius 3 is 1.89 bits per heavy atom. The highest BCUT2D eigenvalue weighted by Crippen LogP contribution is 2.31. The lowest BCUT2D eigenvalue weighted by Gasteiger charge is -1.98. The van der Waals surface area contributed by atoms with Crippen molar-refractivity contribution >= 4 is 0 Å². The lowest BCUT2D eigenvalue weighted by atomic mass is 10.1. The molecule has 0 amide bonds. The second-order valence-electron chi connectivity index (χ2n) is 3.05. The van der Waals surface area contributed by atoms with Gasteiger partial charge < -0.3 is 9.84 Å². The molecule has 54 valence electrons. The summed E-state index contributed by atoms with van der Waals surface area (Å²) < 4.78 is 5.19. The highest BCUT2D eigenvalue weighted by molar-refractivity contribution is 4.90. The minimum Gasteiger partial charge on any atom is -0.391 e. The van der Waals surface area contributed by atoms with E-state index in [4.69, 9.17) is 9.84 Å². The number of hydrogen-bond donors (Lipinski definition) is 1. The number of hydrogen-bond acceptors (Lipinski definition) is 2. The monoisotopic (exact) mass is 130 g/mol. The fraction of sp³-hybridized carbons (Fsp3) is 1.00. The topological polar surface area (TPSA) is 32.8 Å². The third kappa shape index (κ3) is 1.43. The van der Waals surface area contributed by atoms with Gasteiger partial charge in [-0.25, -0.2) is 0 Å². The fourth-order valence-corrected chi connectivity index (χ4v) is 1.06. The van der Waals surface area contributed by atoms with Crippen LogP contribution in [-0.2, 0) is 4.74 Å². The molecule has 1 fully saturated rings. The maximum Gasteiger partial charge on any atom is 0.110 e. The maximum absolute atomic E-state index is 8.99. The van der Waals surface area contributed by atoms with Crippen LogP contribution in [0.5, 0.6) is 0 Å². The van der Waals surface area contributed by atoms with Gasteiger partial charge >= 0.3 is 0 Å². The van der Waals surface area contributed by atoms with Crippen LogP contribution in [0.3, 0.4) is 0 Å². The SMILES string of the molecule is CC(C)[C@@H]1O[C@H]1[C@@H](C)O. The van der Waals surface area contributed by atoms with Crippen LogP contribution in [0.1, 0.15) is 20.8 Å². The zero-order valence-corrected chi connectivity index (χ0v) is 6.16. The third-order valence-electron chi connectivity index (χ3n) is 1.69. The molecule has 9 heavy (non-hydrogen) atoms. The Balaban J connectivity index is 2.24. The van der Waals surface area contributed by atoms with Crippen molar-refractivity contribution in [3.8, 4) is 0 Å². The van der Waals surface area contributed by atoms with Gasteiger partial charge in [0.25, 0.3) is 0 Å². The van der Waals surface area contributed by atoms with Crippen molar-refractivity contribution in [3.05, 3.63) is 0 Å². The van der Waals surface area contributed by atoms with E-state index in [-0.39, 0.29) is 12.2 Å². The van der Waals surface area contributed by atoms with Crippen LogP contribution in [-0.4, -0.2) is 23.4 Å². The molecule has 0 aromatic rings. The summed E-state index contributed by atoms with van der Waals surface area (Å²) in [6.45, 7) is 5.98. The van der Waals surface area contributed by atoms with E-state index in [1.165, 1.54) is 0 Å². The van der Waals surface area contributed by atoms with Gasteiger partial charge in [0.05, 0.1) is 12.2 Å². The molecule has 2 heteroatoms. The molecule has 0 spiro atoms. The van der Waals surface area contributed by atoms with E-state index in [0.717, 1.165) is 0 Å². The van der Waals surface area contributed by atoms with Crippen molar-refractivity contribution in [1.82, 2.24) is 0 Å². The molecule has 0 radical (unpaired) electrons. The summed E-state index contributed by atoms with van der Waals surface area (Å²) in [6, 6.07) is 0. The molecule has 0 aliphatic carbocycles. The van der Waals surface area contributed by atoms with Crippen molar-refractivity contribution < 1.29 is 9.84 Å². The molecule has 1 N–H and O–H groups in total. The van der Waals surface area contributed by atoms with Crippen molar-refractivity contribution in [1.29, 1.82) is 0 Å². The van der Waals surface area contributed by atoms with Gasteiger partial charge in [-0.05, 0) is 12.8 Å². The summed E-state index contributed by atoms with van der Waals surface area (Å²) in [5.74, 6) is 0.546. The van der Waals surface area contributed by atoms with Crippen LogP contribution in [0.2, 0.25) is 0 Å². The highest BCUT2D eigenvalue weighted by Gasteiger charge is 2.44. The fourth-order valence-electron chi connectivity index (χ4n) is 1.06.